The highest BCUT2D eigenvalue weighted by molar-refractivity contribution is 6.32. The molecule has 1 rings (SSSR count). The second-order valence-electron chi connectivity index (χ2n) is 3.46. The van der Waals surface area contributed by atoms with Crippen LogP contribution in [0, 0.1) is 23.7 Å². The van der Waals surface area contributed by atoms with Crippen LogP contribution in [0.25, 0.3) is 0 Å². The van der Waals surface area contributed by atoms with Gasteiger partial charge in [-0.1, -0.05) is 18.5 Å². The standard InChI is InChI=1S/C13H13ClN2/c1-3-5-11(4-2)16-12-7-6-10(9-15)13(14)8-12/h1,6-8,11,16H,4-5H2,2H3. The van der Waals surface area contributed by atoms with E-state index in [-0.39, 0.29) is 6.04 Å². The van der Waals surface area contributed by atoms with E-state index in [9.17, 15) is 0 Å². The van der Waals surface area contributed by atoms with Crippen molar-refractivity contribution < 1.29 is 0 Å². The van der Waals surface area contributed by atoms with Crippen LogP contribution in [0.1, 0.15) is 25.3 Å². The number of anilines is 1. The summed E-state index contributed by atoms with van der Waals surface area (Å²) in [6.07, 6.45) is 6.90. The summed E-state index contributed by atoms with van der Waals surface area (Å²) in [6.45, 7) is 2.07. The third kappa shape index (κ3) is 3.19. The van der Waals surface area contributed by atoms with Gasteiger partial charge in [-0.15, -0.1) is 12.3 Å². The van der Waals surface area contributed by atoms with Gasteiger partial charge in [0.2, 0.25) is 0 Å². The summed E-state index contributed by atoms with van der Waals surface area (Å²) in [5.41, 5.74) is 1.38. The Morgan fingerprint density at radius 2 is 2.31 bits per heavy atom. The molecule has 1 aromatic carbocycles. The number of hydrogen-bond donors (Lipinski definition) is 1. The molecule has 0 aliphatic carbocycles. The first-order valence-corrected chi connectivity index (χ1v) is 5.48. The van der Waals surface area contributed by atoms with Crippen molar-refractivity contribution in [1.82, 2.24) is 0 Å². The molecular formula is C13H13ClN2. The van der Waals surface area contributed by atoms with Gasteiger partial charge in [-0.2, -0.15) is 5.26 Å². The van der Waals surface area contributed by atoms with Crippen molar-refractivity contribution in [3.63, 3.8) is 0 Å². The molecule has 16 heavy (non-hydrogen) atoms. The monoisotopic (exact) mass is 232 g/mol. The number of benzene rings is 1. The molecule has 0 amide bonds. The number of terminal acetylenes is 1. The lowest BCUT2D eigenvalue weighted by atomic mass is 10.1. The summed E-state index contributed by atoms with van der Waals surface area (Å²) < 4.78 is 0. The third-order valence-electron chi connectivity index (χ3n) is 2.32. The first kappa shape index (κ1) is 12.4. The van der Waals surface area contributed by atoms with Crippen LogP contribution in [0.15, 0.2) is 18.2 Å². The van der Waals surface area contributed by atoms with Crippen LogP contribution in [-0.4, -0.2) is 6.04 Å². The number of nitrogens with zero attached hydrogens (tertiary/aromatic N) is 1. The summed E-state index contributed by atoms with van der Waals surface area (Å²) in [5, 5.41) is 12.5. The normalized spacial score (nSPS) is 11.2. The molecule has 0 saturated heterocycles. The zero-order valence-corrected chi connectivity index (χ0v) is 9.88. The number of nitrogens with one attached hydrogen (secondary N) is 1. The Hall–Kier alpha value is -1.64. The molecule has 1 aromatic rings. The lowest BCUT2D eigenvalue weighted by Gasteiger charge is -2.15. The Bertz CT molecular complexity index is 440. The fourth-order valence-electron chi connectivity index (χ4n) is 1.37. The number of hydrogen-bond acceptors (Lipinski definition) is 2. The minimum Gasteiger partial charge on any atom is -0.381 e. The summed E-state index contributed by atoms with van der Waals surface area (Å²) in [4.78, 5) is 0. The van der Waals surface area contributed by atoms with Crippen molar-refractivity contribution in [2.75, 3.05) is 5.32 Å². The van der Waals surface area contributed by atoms with Gasteiger partial charge in [-0.3, -0.25) is 0 Å². The average Bonchev–Trinajstić information content (AvgIpc) is 2.28. The molecule has 0 saturated carbocycles. The largest absolute Gasteiger partial charge is 0.381 e. The zero-order valence-electron chi connectivity index (χ0n) is 9.13. The Balaban J connectivity index is 2.79. The molecule has 82 valence electrons. The molecule has 1 atom stereocenters. The van der Waals surface area contributed by atoms with E-state index in [0.29, 0.717) is 17.0 Å². The maximum atomic E-state index is 8.74. The Labute approximate surface area is 101 Å². The highest BCUT2D eigenvalue weighted by Gasteiger charge is 2.06. The lowest BCUT2D eigenvalue weighted by molar-refractivity contribution is 0.716. The molecule has 3 heteroatoms. The van der Waals surface area contributed by atoms with Crippen molar-refractivity contribution in [2.24, 2.45) is 0 Å². The van der Waals surface area contributed by atoms with Gasteiger partial charge in [0.25, 0.3) is 0 Å². The van der Waals surface area contributed by atoms with Crippen molar-refractivity contribution in [1.29, 1.82) is 5.26 Å². The average molecular weight is 233 g/mol. The molecule has 0 heterocycles. The van der Waals surface area contributed by atoms with Crippen LogP contribution < -0.4 is 5.32 Å². The van der Waals surface area contributed by atoms with E-state index in [2.05, 4.69) is 18.2 Å². The van der Waals surface area contributed by atoms with E-state index >= 15 is 0 Å². The minimum absolute atomic E-state index is 0.244. The Kier molecular flexibility index (Phi) is 4.70. The Morgan fingerprint density at radius 1 is 1.56 bits per heavy atom. The van der Waals surface area contributed by atoms with Crippen LogP contribution in [-0.2, 0) is 0 Å². The maximum Gasteiger partial charge on any atom is 0.101 e. The second-order valence-corrected chi connectivity index (χ2v) is 3.87. The molecule has 0 aliphatic heterocycles. The second kappa shape index (κ2) is 6.05. The summed E-state index contributed by atoms with van der Waals surface area (Å²) in [6, 6.07) is 7.56. The number of nitriles is 1. The molecule has 0 aliphatic rings. The molecule has 1 N–H and O–H groups in total. The molecule has 1 unspecified atom stereocenters. The summed E-state index contributed by atoms with van der Waals surface area (Å²) in [7, 11) is 0. The predicted molar refractivity (Wildman–Crippen MR) is 67.3 cm³/mol. The van der Waals surface area contributed by atoms with Crippen LogP contribution in [0.3, 0.4) is 0 Å². The fraction of sp³-hybridized carbons (Fsp3) is 0.308. The fourth-order valence-corrected chi connectivity index (χ4v) is 1.59. The maximum absolute atomic E-state index is 8.74. The van der Waals surface area contributed by atoms with Crippen molar-refractivity contribution in [3.05, 3.63) is 28.8 Å². The van der Waals surface area contributed by atoms with Crippen LogP contribution in [0.5, 0.6) is 0 Å². The summed E-state index contributed by atoms with van der Waals surface area (Å²) in [5.74, 6) is 2.63. The van der Waals surface area contributed by atoms with Crippen molar-refractivity contribution in [2.45, 2.75) is 25.8 Å². The molecule has 0 spiro atoms. The van der Waals surface area contributed by atoms with E-state index in [1.54, 1.807) is 12.1 Å². The SMILES string of the molecule is C#CCC(CC)Nc1ccc(C#N)c(Cl)c1. The highest BCUT2D eigenvalue weighted by Crippen LogP contribution is 2.21. The zero-order chi connectivity index (χ0) is 12.0. The lowest BCUT2D eigenvalue weighted by Crippen LogP contribution is -2.17. The van der Waals surface area contributed by atoms with Crippen LogP contribution in [0.2, 0.25) is 5.02 Å². The molecule has 2 nitrogen and oxygen atoms in total. The third-order valence-corrected chi connectivity index (χ3v) is 2.63. The summed E-state index contributed by atoms with van der Waals surface area (Å²) >= 11 is 5.93. The van der Waals surface area contributed by atoms with E-state index in [0.717, 1.165) is 12.1 Å². The number of halogens is 1. The van der Waals surface area contributed by atoms with Gasteiger partial charge in [0.15, 0.2) is 0 Å². The number of rotatable bonds is 4. The molecule has 0 bridgehead atoms. The molecule has 0 radical (unpaired) electrons. The van der Waals surface area contributed by atoms with E-state index in [4.69, 9.17) is 23.3 Å². The molecule has 0 aromatic heterocycles. The van der Waals surface area contributed by atoms with Gasteiger partial charge in [-0.25, -0.2) is 0 Å². The predicted octanol–water partition coefficient (Wildman–Crippen LogP) is 3.43. The van der Waals surface area contributed by atoms with Crippen molar-refractivity contribution in [3.8, 4) is 18.4 Å². The van der Waals surface area contributed by atoms with Crippen LogP contribution in [0.4, 0.5) is 5.69 Å². The van der Waals surface area contributed by atoms with E-state index in [1.807, 2.05) is 12.1 Å². The van der Waals surface area contributed by atoms with Gasteiger partial charge in [-0.05, 0) is 24.6 Å². The highest BCUT2D eigenvalue weighted by atomic mass is 35.5. The van der Waals surface area contributed by atoms with E-state index < -0.39 is 0 Å². The van der Waals surface area contributed by atoms with Gasteiger partial charge >= 0.3 is 0 Å². The smallest absolute Gasteiger partial charge is 0.101 e. The Morgan fingerprint density at radius 3 is 2.81 bits per heavy atom. The first-order valence-electron chi connectivity index (χ1n) is 5.11. The van der Waals surface area contributed by atoms with Crippen molar-refractivity contribution >= 4 is 17.3 Å². The van der Waals surface area contributed by atoms with Crippen LogP contribution >= 0.6 is 11.6 Å². The van der Waals surface area contributed by atoms with Gasteiger partial charge < -0.3 is 5.32 Å². The van der Waals surface area contributed by atoms with Gasteiger partial charge in [0.1, 0.15) is 6.07 Å². The van der Waals surface area contributed by atoms with Gasteiger partial charge in [0.05, 0.1) is 10.6 Å². The first-order chi connectivity index (χ1) is 7.71. The van der Waals surface area contributed by atoms with Gasteiger partial charge in [0, 0.05) is 18.2 Å². The quantitative estimate of drug-likeness (QED) is 0.808. The minimum atomic E-state index is 0.244. The molecule has 0 fully saturated rings. The topological polar surface area (TPSA) is 35.8 Å². The molecular weight excluding hydrogens is 220 g/mol. The van der Waals surface area contributed by atoms with E-state index in [1.165, 1.54) is 0 Å².